The number of hydrogen-bond donors (Lipinski definition) is 1. The van der Waals surface area contributed by atoms with Crippen molar-refractivity contribution < 1.29 is 4.39 Å². The molecule has 2 N–H and O–H groups in total. The largest absolute Gasteiger partial charge is 0.326 e. The molecule has 2 nitrogen and oxygen atoms in total. The van der Waals surface area contributed by atoms with Crippen LogP contribution >= 0.6 is 0 Å². The minimum atomic E-state index is -0.122. The molecular formula is C13H19FN2. The van der Waals surface area contributed by atoms with Crippen LogP contribution < -0.4 is 5.73 Å². The zero-order chi connectivity index (χ0) is 11.5. The minimum absolute atomic E-state index is 0.122. The van der Waals surface area contributed by atoms with Gasteiger partial charge in [0.15, 0.2) is 0 Å². The summed E-state index contributed by atoms with van der Waals surface area (Å²) in [7, 11) is 2.07. The highest BCUT2D eigenvalue weighted by Crippen LogP contribution is 2.25. The first-order chi connectivity index (χ1) is 7.70. The highest BCUT2D eigenvalue weighted by atomic mass is 19.1. The van der Waals surface area contributed by atoms with Crippen LogP contribution in [0.25, 0.3) is 0 Å². The molecule has 2 rings (SSSR count). The van der Waals surface area contributed by atoms with Gasteiger partial charge in [-0.3, -0.25) is 4.90 Å². The van der Waals surface area contributed by atoms with E-state index in [1.807, 2.05) is 6.07 Å². The Kier molecular flexibility index (Phi) is 3.56. The van der Waals surface area contributed by atoms with E-state index in [1.165, 1.54) is 25.3 Å². The van der Waals surface area contributed by atoms with Crippen LogP contribution in [-0.4, -0.2) is 18.0 Å². The van der Waals surface area contributed by atoms with Crippen molar-refractivity contribution in [3.05, 3.63) is 35.1 Å². The monoisotopic (exact) mass is 222 g/mol. The Bertz CT molecular complexity index is 361. The fourth-order valence-electron chi connectivity index (χ4n) is 2.10. The van der Waals surface area contributed by atoms with Crippen LogP contribution in [0.1, 0.15) is 30.4 Å². The van der Waals surface area contributed by atoms with Crippen molar-refractivity contribution in [3.63, 3.8) is 0 Å². The number of rotatable bonds is 4. The fraction of sp³-hybridized carbons (Fsp3) is 0.538. The second-order valence-electron chi connectivity index (χ2n) is 4.63. The molecule has 1 aliphatic rings. The van der Waals surface area contributed by atoms with Crippen LogP contribution in [0, 0.1) is 5.82 Å². The van der Waals surface area contributed by atoms with Gasteiger partial charge in [0, 0.05) is 24.7 Å². The van der Waals surface area contributed by atoms with Crippen molar-refractivity contribution in [1.82, 2.24) is 4.90 Å². The normalized spacial score (nSPS) is 16.5. The molecule has 1 aromatic rings. The van der Waals surface area contributed by atoms with Crippen LogP contribution in [-0.2, 0) is 13.1 Å². The molecule has 0 aromatic heterocycles. The van der Waals surface area contributed by atoms with E-state index in [4.69, 9.17) is 5.73 Å². The molecule has 3 heteroatoms. The Hall–Kier alpha value is -0.930. The van der Waals surface area contributed by atoms with Crippen LogP contribution in [0.4, 0.5) is 4.39 Å². The lowest BCUT2D eigenvalue weighted by atomic mass is 9.91. The zero-order valence-electron chi connectivity index (χ0n) is 9.75. The molecule has 0 radical (unpaired) electrons. The summed E-state index contributed by atoms with van der Waals surface area (Å²) < 4.78 is 13.6. The lowest BCUT2D eigenvalue weighted by Gasteiger charge is -2.34. The van der Waals surface area contributed by atoms with E-state index >= 15 is 0 Å². The quantitative estimate of drug-likeness (QED) is 0.846. The van der Waals surface area contributed by atoms with Gasteiger partial charge in [-0.15, -0.1) is 0 Å². The van der Waals surface area contributed by atoms with Crippen LogP contribution in [0.15, 0.2) is 18.2 Å². The van der Waals surface area contributed by atoms with Gasteiger partial charge in [-0.2, -0.15) is 0 Å². The summed E-state index contributed by atoms with van der Waals surface area (Å²) in [6.45, 7) is 1.16. The average molecular weight is 222 g/mol. The Balaban J connectivity index is 2.06. The third-order valence-electron chi connectivity index (χ3n) is 3.46. The molecule has 1 aromatic carbocycles. The van der Waals surface area contributed by atoms with Crippen molar-refractivity contribution in [2.75, 3.05) is 7.05 Å². The van der Waals surface area contributed by atoms with Gasteiger partial charge in [0.1, 0.15) is 5.82 Å². The molecule has 1 fully saturated rings. The average Bonchev–Trinajstić information content (AvgIpc) is 2.18. The highest BCUT2D eigenvalue weighted by Gasteiger charge is 2.22. The molecule has 0 amide bonds. The van der Waals surface area contributed by atoms with Gasteiger partial charge in [-0.1, -0.05) is 18.6 Å². The lowest BCUT2D eigenvalue weighted by Crippen LogP contribution is -2.36. The highest BCUT2D eigenvalue weighted by molar-refractivity contribution is 5.25. The molecule has 0 atom stereocenters. The van der Waals surface area contributed by atoms with E-state index in [1.54, 1.807) is 6.07 Å². The lowest BCUT2D eigenvalue weighted by molar-refractivity contribution is 0.151. The summed E-state index contributed by atoms with van der Waals surface area (Å²) in [6.07, 6.45) is 3.80. The molecule has 0 aliphatic heterocycles. The van der Waals surface area contributed by atoms with Crippen LogP contribution in [0.2, 0.25) is 0 Å². The summed E-state index contributed by atoms with van der Waals surface area (Å²) >= 11 is 0. The van der Waals surface area contributed by atoms with Crippen molar-refractivity contribution in [2.45, 2.75) is 38.4 Å². The van der Waals surface area contributed by atoms with Gasteiger partial charge in [-0.05, 0) is 31.5 Å². The Morgan fingerprint density at radius 2 is 2.19 bits per heavy atom. The second kappa shape index (κ2) is 4.93. The van der Waals surface area contributed by atoms with Crippen molar-refractivity contribution in [3.8, 4) is 0 Å². The van der Waals surface area contributed by atoms with Crippen LogP contribution in [0.5, 0.6) is 0 Å². The summed E-state index contributed by atoms with van der Waals surface area (Å²) in [6, 6.07) is 5.79. The molecule has 0 unspecified atom stereocenters. The van der Waals surface area contributed by atoms with Crippen molar-refractivity contribution >= 4 is 0 Å². The Labute approximate surface area is 96.2 Å². The van der Waals surface area contributed by atoms with Gasteiger partial charge >= 0.3 is 0 Å². The fourth-order valence-corrected chi connectivity index (χ4v) is 2.10. The maximum absolute atomic E-state index is 13.6. The predicted octanol–water partition coefficient (Wildman–Crippen LogP) is 2.27. The summed E-state index contributed by atoms with van der Waals surface area (Å²) in [4.78, 5) is 2.24. The molecule has 1 aliphatic carbocycles. The van der Waals surface area contributed by atoms with Gasteiger partial charge in [0.2, 0.25) is 0 Å². The third kappa shape index (κ3) is 2.42. The van der Waals surface area contributed by atoms with E-state index in [-0.39, 0.29) is 5.82 Å². The third-order valence-corrected chi connectivity index (χ3v) is 3.46. The number of nitrogens with zero attached hydrogens (tertiary/aromatic N) is 1. The van der Waals surface area contributed by atoms with Crippen molar-refractivity contribution in [2.24, 2.45) is 5.73 Å². The van der Waals surface area contributed by atoms with E-state index in [2.05, 4.69) is 11.9 Å². The maximum atomic E-state index is 13.6. The van der Waals surface area contributed by atoms with Crippen LogP contribution in [0.3, 0.4) is 0 Å². The number of halogens is 1. The van der Waals surface area contributed by atoms with Gasteiger partial charge in [0.05, 0.1) is 0 Å². The smallest absolute Gasteiger partial charge is 0.127 e. The molecular weight excluding hydrogens is 203 g/mol. The molecule has 0 spiro atoms. The maximum Gasteiger partial charge on any atom is 0.127 e. The first kappa shape index (κ1) is 11.6. The summed E-state index contributed by atoms with van der Waals surface area (Å²) in [5, 5.41) is 0. The number of hydrogen-bond acceptors (Lipinski definition) is 2. The topological polar surface area (TPSA) is 29.3 Å². The van der Waals surface area contributed by atoms with E-state index in [0.717, 1.165) is 11.1 Å². The first-order valence-corrected chi connectivity index (χ1v) is 5.88. The standard InChI is InChI=1S/C13H19FN2/c1-16(12-3-2-4-12)9-11-7-10(8-15)5-6-13(11)14/h5-7,12H,2-4,8-9,15H2,1H3. The SMILES string of the molecule is CN(Cc1cc(CN)ccc1F)C1CCC1. The number of benzene rings is 1. The van der Waals surface area contributed by atoms with E-state index in [9.17, 15) is 4.39 Å². The van der Waals surface area contributed by atoms with Gasteiger partial charge < -0.3 is 5.73 Å². The molecule has 88 valence electrons. The van der Waals surface area contributed by atoms with Gasteiger partial charge in [0.25, 0.3) is 0 Å². The predicted molar refractivity (Wildman–Crippen MR) is 63.4 cm³/mol. The molecule has 0 bridgehead atoms. The molecule has 16 heavy (non-hydrogen) atoms. The summed E-state index contributed by atoms with van der Waals surface area (Å²) in [5.41, 5.74) is 7.32. The Morgan fingerprint density at radius 1 is 1.44 bits per heavy atom. The van der Waals surface area contributed by atoms with Crippen molar-refractivity contribution in [1.29, 1.82) is 0 Å². The van der Waals surface area contributed by atoms with Gasteiger partial charge in [-0.25, -0.2) is 4.39 Å². The first-order valence-electron chi connectivity index (χ1n) is 5.88. The van der Waals surface area contributed by atoms with E-state index < -0.39 is 0 Å². The molecule has 1 saturated carbocycles. The zero-order valence-corrected chi connectivity index (χ0v) is 9.75. The number of nitrogens with two attached hydrogens (primary N) is 1. The molecule has 0 heterocycles. The Morgan fingerprint density at radius 3 is 2.75 bits per heavy atom. The second-order valence-corrected chi connectivity index (χ2v) is 4.63. The summed E-state index contributed by atoms with van der Waals surface area (Å²) in [5.74, 6) is -0.122. The van der Waals surface area contributed by atoms with E-state index in [0.29, 0.717) is 19.1 Å². The minimum Gasteiger partial charge on any atom is -0.326 e. The molecule has 0 saturated heterocycles.